The van der Waals surface area contributed by atoms with Gasteiger partial charge in [-0.15, -0.1) is 6.58 Å². The Bertz CT molecular complexity index is 1050. The number of hydrogen-bond acceptors (Lipinski definition) is 5. The van der Waals surface area contributed by atoms with E-state index in [-0.39, 0.29) is 17.2 Å². The van der Waals surface area contributed by atoms with Gasteiger partial charge in [-0.25, -0.2) is 0 Å². The summed E-state index contributed by atoms with van der Waals surface area (Å²) < 4.78 is 12.6. The highest BCUT2D eigenvalue weighted by atomic mass is 127. The Labute approximate surface area is 200 Å². The van der Waals surface area contributed by atoms with Crippen LogP contribution in [0.2, 0.25) is 0 Å². The fraction of sp³-hybridized carbons (Fsp3) is 0.174. The Kier molecular flexibility index (Phi) is 7.80. The third-order valence-corrected chi connectivity index (χ3v) is 5.49. The third kappa shape index (κ3) is 5.50. The Morgan fingerprint density at radius 2 is 1.94 bits per heavy atom. The first kappa shape index (κ1) is 23.0. The molecule has 1 fully saturated rings. The normalized spacial score (nSPS) is 15.1. The van der Waals surface area contributed by atoms with Crippen LogP contribution in [-0.2, 0) is 16.2 Å². The van der Waals surface area contributed by atoms with Crippen molar-refractivity contribution in [2.75, 3.05) is 13.2 Å². The maximum atomic E-state index is 12.8. The van der Waals surface area contributed by atoms with Crippen molar-refractivity contribution < 1.29 is 19.1 Å². The zero-order chi connectivity index (χ0) is 22.4. The van der Waals surface area contributed by atoms with Gasteiger partial charge in [0.2, 0.25) is 0 Å². The van der Waals surface area contributed by atoms with Gasteiger partial charge in [0, 0.05) is 6.54 Å². The number of amides is 2. The lowest BCUT2D eigenvalue weighted by Gasteiger charge is -2.27. The Balaban J connectivity index is 1.92. The van der Waals surface area contributed by atoms with Crippen LogP contribution in [-0.4, -0.2) is 35.0 Å². The molecule has 6 nitrogen and oxygen atoms in total. The van der Waals surface area contributed by atoms with Crippen molar-refractivity contribution in [1.29, 1.82) is 0 Å². The van der Waals surface area contributed by atoms with E-state index in [4.69, 9.17) is 21.7 Å². The standard InChI is InChI=1S/C23H21IN2O4S/c1-3-10-26-22(28)17(21(27)25-23(26)31)11-16-12-18(24)20(19(13-16)29-4-2)30-14-15-8-6-5-7-9-15/h3,5-9,11-13H,1,4,10,14H2,2H3,(H,25,27,31)/b17-11+. The number of carbonyl (C=O) groups excluding carboxylic acids is 2. The number of halogens is 1. The van der Waals surface area contributed by atoms with E-state index in [1.54, 1.807) is 12.1 Å². The van der Waals surface area contributed by atoms with Crippen LogP contribution < -0.4 is 14.8 Å². The highest BCUT2D eigenvalue weighted by molar-refractivity contribution is 14.1. The molecule has 31 heavy (non-hydrogen) atoms. The van der Waals surface area contributed by atoms with Gasteiger partial charge in [0.05, 0.1) is 10.2 Å². The molecule has 1 N–H and O–H groups in total. The molecule has 0 bridgehead atoms. The predicted octanol–water partition coefficient (Wildman–Crippen LogP) is 4.08. The highest BCUT2D eigenvalue weighted by Crippen LogP contribution is 2.35. The van der Waals surface area contributed by atoms with E-state index in [2.05, 4.69) is 34.5 Å². The fourth-order valence-electron chi connectivity index (χ4n) is 2.96. The van der Waals surface area contributed by atoms with Crippen molar-refractivity contribution in [3.05, 3.63) is 75.4 Å². The summed E-state index contributed by atoms with van der Waals surface area (Å²) in [4.78, 5) is 26.5. The minimum atomic E-state index is -0.535. The van der Waals surface area contributed by atoms with E-state index < -0.39 is 11.8 Å². The third-order valence-electron chi connectivity index (χ3n) is 4.37. The lowest BCUT2D eigenvalue weighted by molar-refractivity contribution is -0.128. The molecular formula is C23H21IN2O4S. The molecule has 0 saturated carbocycles. The van der Waals surface area contributed by atoms with Gasteiger partial charge in [0.1, 0.15) is 12.2 Å². The lowest BCUT2D eigenvalue weighted by Crippen LogP contribution is -2.53. The summed E-state index contributed by atoms with van der Waals surface area (Å²) in [6.45, 7) is 6.56. The molecule has 0 atom stereocenters. The molecular weight excluding hydrogens is 527 g/mol. The van der Waals surface area contributed by atoms with E-state index >= 15 is 0 Å². The van der Waals surface area contributed by atoms with E-state index in [0.717, 1.165) is 9.13 Å². The fourth-order valence-corrected chi connectivity index (χ4v) is 3.99. The van der Waals surface area contributed by atoms with Gasteiger partial charge < -0.3 is 9.47 Å². The van der Waals surface area contributed by atoms with Gasteiger partial charge >= 0.3 is 0 Å². The molecule has 0 aromatic heterocycles. The number of benzene rings is 2. The second-order valence-corrected chi connectivity index (χ2v) is 8.11. The summed E-state index contributed by atoms with van der Waals surface area (Å²) in [6, 6.07) is 13.4. The van der Waals surface area contributed by atoms with Gasteiger partial charge in [0.15, 0.2) is 16.6 Å². The van der Waals surface area contributed by atoms with Gasteiger partial charge in [-0.3, -0.25) is 19.8 Å². The highest BCUT2D eigenvalue weighted by Gasteiger charge is 2.32. The van der Waals surface area contributed by atoms with Crippen LogP contribution in [0, 0.1) is 3.57 Å². The summed E-state index contributed by atoms with van der Waals surface area (Å²) in [5.74, 6) is 0.153. The summed E-state index contributed by atoms with van der Waals surface area (Å²) in [5, 5.41) is 2.61. The van der Waals surface area contributed by atoms with Gasteiger partial charge in [-0.1, -0.05) is 36.4 Å². The molecule has 160 valence electrons. The number of rotatable bonds is 8. The van der Waals surface area contributed by atoms with Crippen molar-refractivity contribution in [1.82, 2.24) is 10.2 Å². The van der Waals surface area contributed by atoms with Crippen LogP contribution in [0.5, 0.6) is 11.5 Å². The van der Waals surface area contributed by atoms with E-state index in [1.165, 1.54) is 11.0 Å². The lowest BCUT2D eigenvalue weighted by atomic mass is 10.1. The number of hydrogen-bond donors (Lipinski definition) is 1. The SMILES string of the molecule is C=CCN1C(=O)/C(=C/c2cc(I)c(OCc3ccccc3)c(OCC)c2)C(=O)NC1=S. The molecule has 0 radical (unpaired) electrons. The number of thiocarbonyl (C=S) groups is 1. The summed E-state index contributed by atoms with van der Waals surface area (Å²) >= 11 is 7.24. The minimum Gasteiger partial charge on any atom is -0.490 e. The summed E-state index contributed by atoms with van der Waals surface area (Å²) in [5.41, 5.74) is 1.67. The Morgan fingerprint density at radius 3 is 2.61 bits per heavy atom. The van der Waals surface area contributed by atoms with Crippen molar-refractivity contribution in [3.63, 3.8) is 0 Å². The smallest absolute Gasteiger partial charge is 0.265 e. The average Bonchev–Trinajstić information content (AvgIpc) is 2.74. The first-order valence-electron chi connectivity index (χ1n) is 9.57. The second kappa shape index (κ2) is 10.5. The topological polar surface area (TPSA) is 67.9 Å². The first-order valence-corrected chi connectivity index (χ1v) is 11.1. The molecule has 3 rings (SSSR count). The molecule has 1 saturated heterocycles. The van der Waals surface area contributed by atoms with E-state index in [1.807, 2.05) is 43.3 Å². The molecule has 0 aliphatic carbocycles. The van der Waals surface area contributed by atoms with Crippen molar-refractivity contribution in [3.8, 4) is 11.5 Å². The monoisotopic (exact) mass is 548 g/mol. The van der Waals surface area contributed by atoms with Crippen LogP contribution in [0.3, 0.4) is 0 Å². The van der Waals surface area contributed by atoms with E-state index in [9.17, 15) is 9.59 Å². The van der Waals surface area contributed by atoms with Gasteiger partial charge in [-0.05, 0) is 71.1 Å². The Hall–Kier alpha value is -2.72. The zero-order valence-electron chi connectivity index (χ0n) is 16.9. The van der Waals surface area contributed by atoms with Crippen LogP contribution in [0.4, 0.5) is 0 Å². The van der Waals surface area contributed by atoms with Crippen molar-refractivity contribution in [2.45, 2.75) is 13.5 Å². The number of ether oxygens (including phenoxy) is 2. The van der Waals surface area contributed by atoms with Crippen LogP contribution in [0.25, 0.3) is 6.08 Å². The van der Waals surface area contributed by atoms with Crippen molar-refractivity contribution >= 4 is 57.8 Å². The van der Waals surface area contributed by atoms with Crippen molar-refractivity contribution in [2.24, 2.45) is 0 Å². The maximum Gasteiger partial charge on any atom is 0.265 e. The molecule has 2 aromatic rings. The predicted molar refractivity (Wildman–Crippen MR) is 132 cm³/mol. The molecule has 8 heteroatoms. The molecule has 1 aliphatic heterocycles. The maximum absolute atomic E-state index is 12.8. The second-order valence-electron chi connectivity index (χ2n) is 6.56. The molecule has 2 aromatic carbocycles. The Morgan fingerprint density at radius 1 is 1.19 bits per heavy atom. The minimum absolute atomic E-state index is 0.00773. The number of carbonyl (C=O) groups is 2. The van der Waals surface area contributed by atoms with Gasteiger partial charge in [-0.2, -0.15) is 0 Å². The molecule has 1 heterocycles. The quantitative estimate of drug-likeness (QED) is 0.177. The summed E-state index contributed by atoms with van der Waals surface area (Å²) in [6.07, 6.45) is 3.08. The number of nitrogens with zero attached hydrogens (tertiary/aromatic N) is 1. The molecule has 0 unspecified atom stereocenters. The molecule has 0 spiro atoms. The molecule has 1 aliphatic rings. The summed E-state index contributed by atoms with van der Waals surface area (Å²) in [7, 11) is 0. The van der Waals surface area contributed by atoms with Gasteiger partial charge in [0.25, 0.3) is 11.8 Å². The van der Waals surface area contributed by atoms with Crippen LogP contribution >= 0.6 is 34.8 Å². The number of nitrogens with one attached hydrogen (secondary N) is 1. The van der Waals surface area contributed by atoms with Crippen LogP contribution in [0.1, 0.15) is 18.1 Å². The molecule has 2 amide bonds. The largest absolute Gasteiger partial charge is 0.490 e. The zero-order valence-corrected chi connectivity index (χ0v) is 19.9. The first-order chi connectivity index (χ1) is 14.9. The van der Waals surface area contributed by atoms with Crippen LogP contribution in [0.15, 0.2) is 60.7 Å². The van der Waals surface area contributed by atoms with E-state index in [0.29, 0.717) is 30.3 Å². The average molecular weight is 548 g/mol.